The van der Waals surface area contributed by atoms with E-state index in [1.54, 1.807) is 6.07 Å². The van der Waals surface area contributed by atoms with Gasteiger partial charge in [0.05, 0.1) is 11.3 Å². The van der Waals surface area contributed by atoms with Crippen molar-refractivity contribution in [1.29, 1.82) is 0 Å². The van der Waals surface area contributed by atoms with Gasteiger partial charge in [0.1, 0.15) is 12.3 Å². The Balaban J connectivity index is 1.81. The Morgan fingerprint density at radius 3 is 2.62 bits per heavy atom. The third kappa shape index (κ3) is 3.51. The van der Waals surface area contributed by atoms with Gasteiger partial charge >= 0.3 is 5.97 Å². The summed E-state index contributed by atoms with van der Waals surface area (Å²) in [4.78, 5) is 37.0. The summed E-state index contributed by atoms with van der Waals surface area (Å²) in [5.41, 5.74) is 3.08. The number of aromatic carboxylic acids is 1. The van der Waals surface area contributed by atoms with Crippen molar-refractivity contribution in [2.24, 2.45) is 0 Å². The van der Waals surface area contributed by atoms with E-state index in [1.807, 2.05) is 26.0 Å². The van der Waals surface area contributed by atoms with E-state index in [0.29, 0.717) is 11.4 Å². The van der Waals surface area contributed by atoms with Gasteiger partial charge in [0.25, 0.3) is 5.91 Å². The predicted molar refractivity (Wildman–Crippen MR) is 95.8 cm³/mol. The third-order valence-electron chi connectivity index (χ3n) is 4.24. The van der Waals surface area contributed by atoms with Crippen LogP contribution in [-0.2, 0) is 9.59 Å². The number of rotatable bonds is 4. The molecule has 0 saturated carbocycles. The molecular formula is C19H18N2O5. The molecule has 26 heavy (non-hydrogen) atoms. The number of carboxylic acid groups (broad SMARTS) is 1. The first kappa shape index (κ1) is 17.5. The van der Waals surface area contributed by atoms with Gasteiger partial charge in [-0.2, -0.15) is 0 Å². The topological polar surface area (TPSA) is 95.9 Å². The van der Waals surface area contributed by atoms with Crippen LogP contribution in [-0.4, -0.2) is 36.0 Å². The maximum atomic E-state index is 12.4. The van der Waals surface area contributed by atoms with Crippen molar-refractivity contribution >= 4 is 29.2 Å². The quantitative estimate of drug-likeness (QED) is 0.879. The molecule has 2 N–H and O–H groups in total. The van der Waals surface area contributed by atoms with E-state index in [1.165, 1.54) is 23.1 Å². The minimum Gasteiger partial charge on any atom is -0.482 e. The van der Waals surface area contributed by atoms with E-state index in [4.69, 9.17) is 9.84 Å². The van der Waals surface area contributed by atoms with Crippen molar-refractivity contribution in [3.05, 3.63) is 53.1 Å². The molecule has 0 bridgehead atoms. The van der Waals surface area contributed by atoms with Crippen LogP contribution >= 0.6 is 0 Å². The van der Waals surface area contributed by atoms with Crippen molar-refractivity contribution in [1.82, 2.24) is 0 Å². The van der Waals surface area contributed by atoms with Crippen LogP contribution in [0.15, 0.2) is 36.4 Å². The Hall–Kier alpha value is -3.35. The van der Waals surface area contributed by atoms with Gasteiger partial charge in [0, 0.05) is 5.69 Å². The number of amides is 2. The molecule has 7 nitrogen and oxygen atoms in total. The lowest BCUT2D eigenvalue weighted by Crippen LogP contribution is -2.43. The summed E-state index contributed by atoms with van der Waals surface area (Å²) >= 11 is 0. The minimum atomic E-state index is -1.12. The van der Waals surface area contributed by atoms with Crippen LogP contribution in [0.25, 0.3) is 0 Å². The molecule has 0 spiro atoms. The standard InChI is InChI=1S/C19H18N2O5/c1-11-3-5-14(7-12(11)2)20-17(22)9-21-15-8-13(19(24)25)4-6-16(15)26-10-18(21)23/h3-8H,9-10H2,1-2H3,(H,20,22)(H,24,25). The fourth-order valence-corrected chi connectivity index (χ4v) is 2.67. The molecule has 7 heteroatoms. The van der Waals surface area contributed by atoms with Crippen LogP contribution in [0.1, 0.15) is 21.5 Å². The number of carboxylic acids is 1. The van der Waals surface area contributed by atoms with Crippen molar-refractivity contribution in [3.63, 3.8) is 0 Å². The van der Waals surface area contributed by atoms with Crippen LogP contribution in [0.4, 0.5) is 11.4 Å². The molecule has 1 aliphatic rings. The second-order valence-corrected chi connectivity index (χ2v) is 6.10. The highest BCUT2D eigenvalue weighted by atomic mass is 16.5. The number of hydrogen-bond acceptors (Lipinski definition) is 4. The molecule has 2 amide bonds. The molecule has 0 radical (unpaired) electrons. The molecular weight excluding hydrogens is 336 g/mol. The Bertz CT molecular complexity index is 907. The Morgan fingerprint density at radius 2 is 1.92 bits per heavy atom. The molecule has 134 valence electrons. The molecule has 1 heterocycles. The van der Waals surface area contributed by atoms with E-state index < -0.39 is 11.9 Å². The SMILES string of the molecule is Cc1ccc(NC(=O)CN2C(=O)COc3ccc(C(=O)O)cc32)cc1C. The summed E-state index contributed by atoms with van der Waals surface area (Å²) in [6.07, 6.45) is 0. The van der Waals surface area contributed by atoms with Crippen LogP contribution < -0.4 is 15.0 Å². The van der Waals surface area contributed by atoms with E-state index in [2.05, 4.69) is 5.32 Å². The van der Waals surface area contributed by atoms with Crippen molar-refractivity contribution in [2.75, 3.05) is 23.4 Å². The lowest BCUT2D eigenvalue weighted by atomic mass is 10.1. The molecule has 1 aliphatic heterocycles. The number of carbonyl (C=O) groups excluding carboxylic acids is 2. The number of aryl methyl sites for hydroxylation is 2. The summed E-state index contributed by atoms with van der Waals surface area (Å²) in [6, 6.07) is 9.75. The van der Waals surface area contributed by atoms with Crippen molar-refractivity contribution < 1.29 is 24.2 Å². The Morgan fingerprint density at radius 1 is 1.15 bits per heavy atom. The lowest BCUT2D eigenvalue weighted by molar-refractivity contribution is -0.123. The van der Waals surface area contributed by atoms with Gasteiger partial charge in [-0.3, -0.25) is 14.5 Å². The van der Waals surface area contributed by atoms with E-state index >= 15 is 0 Å². The third-order valence-corrected chi connectivity index (χ3v) is 4.24. The van der Waals surface area contributed by atoms with Crippen molar-refractivity contribution in [3.8, 4) is 5.75 Å². The fraction of sp³-hybridized carbons (Fsp3) is 0.211. The van der Waals surface area contributed by atoms with Crippen LogP contribution in [0.2, 0.25) is 0 Å². The number of benzene rings is 2. The zero-order valence-corrected chi connectivity index (χ0v) is 14.4. The van der Waals surface area contributed by atoms with Gasteiger partial charge in [0.15, 0.2) is 6.61 Å². The summed E-state index contributed by atoms with van der Waals surface area (Å²) < 4.78 is 5.31. The summed E-state index contributed by atoms with van der Waals surface area (Å²) in [7, 11) is 0. The monoisotopic (exact) mass is 354 g/mol. The van der Waals surface area contributed by atoms with E-state index in [0.717, 1.165) is 11.1 Å². The number of hydrogen-bond donors (Lipinski definition) is 2. The van der Waals surface area contributed by atoms with Gasteiger partial charge in [-0.15, -0.1) is 0 Å². The minimum absolute atomic E-state index is 0.0154. The average molecular weight is 354 g/mol. The predicted octanol–water partition coefficient (Wildman–Crippen LogP) is 2.37. The molecule has 0 unspecified atom stereocenters. The molecule has 0 aliphatic carbocycles. The number of carbonyl (C=O) groups is 3. The fourth-order valence-electron chi connectivity index (χ4n) is 2.67. The highest BCUT2D eigenvalue weighted by Gasteiger charge is 2.28. The van der Waals surface area contributed by atoms with Crippen molar-refractivity contribution in [2.45, 2.75) is 13.8 Å². The first-order valence-electron chi connectivity index (χ1n) is 8.03. The van der Waals surface area contributed by atoms with Crippen LogP contribution in [0, 0.1) is 13.8 Å². The van der Waals surface area contributed by atoms with Crippen LogP contribution in [0.3, 0.4) is 0 Å². The number of anilines is 2. The average Bonchev–Trinajstić information content (AvgIpc) is 2.60. The molecule has 2 aromatic carbocycles. The summed E-state index contributed by atoms with van der Waals surface area (Å²) in [6.45, 7) is 3.49. The molecule has 0 atom stereocenters. The van der Waals surface area contributed by atoms with Crippen LogP contribution in [0.5, 0.6) is 5.75 Å². The second kappa shape index (κ2) is 6.87. The largest absolute Gasteiger partial charge is 0.482 e. The van der Waals surface area contributed by atoms with Gasteiger partial charge in [-0.1, -0.05) is 6.07 Å². The highest BCUT2D eigenvalue weighted by molar-refractivity contribution is 6.05. The van der Waals surface area contributed by atoms with Gasteiger partial charge in [-0.25, -0.2) is 4.79 Å². The summed E-state index contributed by atoms with van der Waals surface area (Å²) in [5.74, 6) is -1.54. The highest BCUT2D eigenvalue weighted by Crippen LogP contribution is 2.33. The molecule has 0 saturated heterocycles. The van der Waals surface area contributed by atoms with Gasteiger partial charge < -0.3 is 15.2 Å². The smallest absolute Gasteiger partial charge is 0.335 e. The Labute approximate surface area is 150 Å². The molecule has 2 aromatic rings. The van der Waals surface area contributed by atoms with E-state index in [9.17, 15) is 14.4 Å². The first-order valence-corrected chi connectivity index (χ1v) is 8.03. The zero-order valence-electron chi connectivity index (χ0n) is 14.4. The number of nitrogens with zero attached hydrogens (tertiary/aromatic N) is 1. The Kier molecular flexibility index (Phi) is 4.62. The number of fused-ring (bicyclic) bond motifs is 1. The van der Waals surface area contributed by atoms with Gasteiger partial charge in [-0.05, 0) is 55.3 Å². The normalized spacial score (nSPS) is 13.0. The van der Waals surface area contributed by atoms with E-state index in [-0.39, 0.29) is 30.3 Å². The zero-order chi connectivity index (χ0) is 18.8. The molecule has 3 rings (SSSR count). The number of nitrogens with one attached hydrogen (secondary N) is 1. The lowest BCUT2D eigenvalue weighted by Gasteiger charge is -2.29. The molecule has 0 aromatic heterocycles. The molecule has 0 fully saturated rings. The maximum Gasteiger partial charge on any atom is 0.335 e. The maximum absolute atomic E-state index is 12.4. The summed E-state index contributed by atoms with van der Waals surface area (Å²) in [5, 5.41) is 11.9. The first-order chi connectivity index (χ1) is 12.3. The second-order valence-electron chi connectivity index (χ2n) is 6.10. The number of ether oxygens (including phenoxy) is 1. The van der Waals surface area contributed by atoms with Gasteiger partial charge in [0.2, 0.25) is 5.91 Å².